The zero-order valence-electron chi connectivity index (χ0n) is 15.2. The van der Waals surface area contributed by atoms with Crippen molar-refractivity contribution in [2.45, 2.75) is 26.2 Å². The van der Waals surface area contributed by atoms with E-state index in [0.29, 0.717) is 0 Å². The molecule has 5 heteroatoms. The Morgan fingerprint density at radius 3 is 2.28 bits per heavy atom. The quantitative estimate of drug-likeness (QED) is 0.788. The average Bonchev–Trinajstić information content (AvgIpc) is 2.82. The molecule has 1 aliphatic rings. The molecule has 0 bridgehead atoms. The van der Waals surface area contributed by atoms with E-state index in [-0.39, 0.29) is 16.7 Å². The second-order valence-electron chi connectivity index (χ2n) is 6.62. The van der Waals surface area contributed by atoms with Gasteiger partial charge in [0.05, 0.1) is 19.8 Å². The molecular formula is C20H23NO4. The number of carbonyl (C=O) groups excluding carboxylic acids is 2. The number of methoxy groups -OCH3 is 2. The van der Waals surface area contributed by atoms with Gasteiger partial charge in [0.2, 0.25) is 0 Å². The lowest BCUT2D eigenvalue weighted by atomic mass is 9.87. The maximum absolute atomic E-state index is 12.4. The lowest BCUT2D eigenvalue weighted by Gasteiger charge is -2.26. The summed E-state index contributed by atoms with van der Waals surface area (Å²) in [5.74, 6) is -1.21. The Bertz CT molecular complexity index is 766. The summed E-state index contributed by atoms with van der Waals surface area (Å²) in [5, 5.41) is 0. The molecule has 0 saturated carbocycles. The highest BCUT2D eigenvalue weighted by Crippen LogP contribution is 2.30. The average molecular weight is 341 g/mol. The number of ether oxygens (including phenoxy) is 2. The topological polar surface area (TPSA) is 55.8 Å². The molecule has 0 aromatic heterocycles. The highest BCUT2D eigenvalue weighted by molar-refractivity contribution is 6.05. The largest absolute Gasteiger partial charge is 0.465 e. The Labute approximate surface area is 148 Å². The van der Waals surface area contributed by atoms with Gasteiger partial charge in [0.1, 0.15) is 5.70 Å². The van der Waals surface area contributed by atoms with Crippen LogP contribution in [-0.2, 0) is 24.5 Å². The first kappa shape index (κ1) is 18.5. The third kappa shape index (κ3) is 3.99. The summed E-state index contributed by atoms with van der Waals surface area (Å²) >= 11 is 0. The molecule has 2 rings (SSSR count). The van der Waals surface area contributed by atoms with Crippen LogP contribution < -0.4 is 4.90 Å². The van der Waals surface area contributed by atoms with Crippen LogP contribution in [0, 0.1) is 0 Å². The van der Waals surface area contributed by atoms with Gasteiger partial charge in [0, 0.05) is 11.9 Å². The van der Waals surface area contributed by atoms with E-state index in [1.54, 1.807) is 29.3 Å². The smallest absolute Gasteiger partial charge is 0.355 e. The van der Waals surface area contributed by atoms with Gasteiger partial charge in [-0.05, 0) is 35.3 Å². The van der Waals surface area contributed by atoms with Crippen molar-refractivity contribution in [3.8, 4) is 0 Å². The SMILES string of the molecule is COC(=O)C1=C(C(=O)OC)N(c2cccc(C(C)(C)C)c2)C=CC=C1. The monoisotopic (exact) mass is 341 g/mol. The van der Waals surface area contributed by atoms with Gasteiger partial charge < -0.3 is 14.4 Å². The Balaban J connectivity index is 2.65. The molecule has 0 unspecified atom stereocenters. The van der Waals surface area contributed by atoms with Gasteiger partial charge in [0.15, 0.2) is 0 Å². The minimum atomic E-state index is -0.613. The number of nitrogens with zero attached hydrogens (tertiary/aromatic N) is 1. The predicted octanol–water partition coefficient (Wildman–Crippen LogP) is 3.47. The summed E-state index contributed by atoms with van der Waals surface area (Å²) in [6.07, 6.45) is 6.70. The third-order valence-electron chi connectivity index (χ3n) is 3.88. The standard InChI is InChI=1S/C20H23NO4/c1-20(2,3)14-9-8-10-15(13-14)21-12-7-6-11-16(18(22)24-4)17(21)19(23)25-5/h6-13H,1-5H3. The molecule has 0 saturated heterocycles. The molecular weight excluding hydrogens is 318 g/mol. The van der Waals surface area contributed by atoms with Crippen LogP contribution in [0.1, 0.15) is 26.3 Å². The van der Waals surface area contributed by atoms with Crippen LogP contribution in [0.4, 0.5) is 5.69 Å². The van der Waals surface area contributed by atoms with E-state index in [1.165, 1.54) is 14.2 Å². The van der Waals surface area contributed by atoms with Gasteiger partial charge in [-0.15, -0.1) is 0 Å². The maximum Gasteiger partial charge on any atom is 0.355 e. The van der Waals surface area contributed by atoms with Gasteiger partial charge in [0.25, 0.3) is 0 Å². The minimum absolute atomic E-state index is 0.0514. The summed E-state index contributed by atoms with van der Waals surface area (Å²) in [4.78, 5) is 26.2. The first-order valence-electron chi connectivity index (χ1n) is 7.95. The van der Waals surface area contributed by atoms with Crippen LogP contribution in [0.2, 0.25) is 0 Å². The van der Waals surface area contributed by atoms with Gasteiger partial charge >= 0.3 is 11.9 Å². The molecule has 1 aliphatic heterocycles. The van der Waals surface area contributed by atoms with Gasteiger partial charge in [-0.25, -0.2) is 9.59 Å². The molecule has 0 amide bonds. The van der Waals surface area contributed by atoms with Crippen molar-refractivity contribution in [2.24, 2.45) is 0 Å². The van der Waals surface area contributed by atoms with Crippen LogP contribution in [0.5, 0.6) is 0 Å². The normalized spacial score (nSPS) is 14.4. The zero-order chi connectivity index (χ0) is 18.6. The Morgan fingerprint density at radius 1 is 1.00 bits per heavy atom. The summed E-state index contributed by atoms with van der Waals surface area (Å²) in [7, 11) is 2.56. The highest BCUT2D eigenvalue weighted by Gasteiger charge is 2.28. The number of rotatable bonds is 3. The van der Waals surface area contributed by atoms with Crippen molar-refractivity contribution in [3.63, 3.8) is 0 Å². The molecule has 132 valence electrons. The first-order valence-corrected chi connectivity index (χ1v) is 7.95. The predicted molar refractivity (Wildman–Crippen MR) is 97.0 cm³/mol. The molecule has 5 nitrogen and oxygen atoms in total. The Hall–Kier alpha value is -2.82. The number of allylic oxidation sites excluding steroid dienone is 2. The van der Waals surface area contributed by atoms with E-state index in [0.717, 1.165) is 11.3 Å². The zero-order valence-corrected chi connectivity index (χ0v) is 15.2. The highest BCUT2D eigenvalue weighted by atomic mass is 16.5. The summed E-state index contributed by atoms with van der Waals surface area (Å²) in [6.45, 7) is 6.34. The molecule has 1 aromatic carbocycles. The number of anilines is 1. The van der Waals surface area contributed by atoms with Crippen molar-refractivity contribution < 1.29 is 19.1 Å². The van der Waals surface area contributed by atoms with Gasteiger partial charge in [-0.1, -0.05) is 39.0 Å². The number of esters is 2. The second kappa shape index (κ2) is 7.38. The van der Waals surface area contributed by atoms with E-state index in [9.17, 15) is 9.59 Å². The first-order chi connectivity index (χ1) is 11.8. The van der Waals surface area contributed by atoms with E-state index in [2.05, 4.69) is 20.8 Å². The van der Waals surface area contributed by atoms with Crippen LogP contribution in [0.3, 0.4) is 0 Å². The van der Waals surface area contributed by atoms with Crippen molar-refractivity contribution >= 4 is 17.6 Å². The molecule has 1 aromatic rings. The van der Waals surface area contributed by atoms with E-state index in [4.69, 9.17) is 9.47 Å². The summed E-state index contributed by atoms with van der Waals surface area (Å²) < 4.78 is 9.73. The molecule has 0 aliphatic carbocycles. The van der Waals surface area contributed by atoms with E-state index >= 15 is 0 Å². The maximum atomic E-state index is 12.4. The second-order valence-corrected chi connectivity index (χ2v) is 6.62. The number of hydrogen-bond acceptors (Lipinski definition) is 5. The molecule has 0 N–H and O–H groups in total. The molecule has 25 heavy (non-hydrogen) atoms. The number of carbonyl (C=O) groups is 2. The van der Waals surface area contributed by atoms with Crippen molar-refractivity contribution in [2.75, 3.05) is 19.1 Å². The van der Waals surface area contributed by atoms with Crippen LogP contribution in [-0.4, -0.2) is 26.2 Å². The van der Waals surface area contributed by atoms with Crippen LogP contribution in [0.15, 0.2) is 60.0 Å². The van der Waals surface area contributed by atoms with Crippen LogP contribution >= 0.6 is 0 Å². The Morgan fingerprint density at radius 2 is 1.68 bits per heavy atom. The van der Waals surface area contributed by atoms with E-state index < -0.39 is 11.9 Å². The lowest BCUT2D eigenvalue weighted by Crippen LogP contribution is -2.27. The van der Waals surface area contributed by atoms with Gasteiger partial charge in [-0.2, -0.15) is 0 Å². The van der Waals surface area contributed by atoms with Gasteiger partial charge in [-0.3, -0.25) is 0 Å². The minimum Gasteiger partial charge on any atom is -0.465 e. The van der Waals surface area contributed by atoms with Crippen molar-refractivity contribution in [1.29, 1.82) is 0 Å². The fourth-order valence-electron chi connectivity index (χ4n) is 2.49. The molecule has 0 spiro atoms. The lowest BCUT2D eigenvalue weighted by molar-refractivity contribution is -0.139. The third-order valence-corrected chi connectivity index (χ3v) is 3.88. The molecule has 0 radical (unpaired) electrons. The summed E-state index contributed by atoms with van der Waals surface area (Å²) in [6, 6.07) is 7.83. The van der Waals surface area contributed by atoms with Crippen LogP contribution in [0.25, 0.3) is 0 Å². The number of hydrogen-bond donors (Lipinski definition) is 0. The molecule has 0 fully saturated rings. The fourth-order valence-corrected chi connectivity index (χ4v) is 2.49. The molecule has 0 atom stereocenters. The Kier molecular flexibility index (Phi) is 5.47. The fraction of sp³-hybridized carbons (Fsp3) is 0.300. The summed E-state index contributed by atoms with van der Waals surface area (Å²) in [5.41, 5.74) is 2.07. The molecule has 1 heterocycles. The van der Waals surface area contributed by atoms with Crippen molar-refractivity contribution in [1.82, 2.24) is 0 Å². The van der Waals surface area contributed by atoms with E-state index in [1.807, 2.05) is 24.3 Å². The number of benzene rings is 1. The van der Waals surface area contributed by atoms with Crippen molar-refractivity contribution in [3.05, 3.63) is 65.5 Å².